The number of methoxy groups -OCH3 is 1. The number of fused-ring (bicyclic) bond motifs is 3. The predicted molar refractivity (Wildman–Crippen MR) is 97.3 cm³/mol. The Morgan fingerprint density at radius 1 is 0.926 bits per heavy atom. The minimum Gasteiger partial charge on any atom is -0.469 e. The highest BCUT2D eigenvalue weighted by molar-refractivity contribution is 5.95. The molecule has 0 aliphatic carbocycles. The monoisotopic (exact) mass is 367 g/mol. The first kappa shape index (κ1) is 16.9. The van der Waals surface area contributed by atoms with Crippen molar-refractivity contribution in [2.75, 3.05) is 13.7 Å². The highest BCUT2D eigenvalue weighted by atomic mass is 16.7. The van der Waals surface area contributed by atoms with Crippen molar-refractivity contribution in [2.24, 2.45) is 4.99 Å². The van der Waals surface area contributed by atoms with E-state index >= 15 is 0 Å². The largest absolute Gasteiger partial charge is 0.469 e. The van der Waals surface area contributed by atoms with Crippen molar-refractivity contribution in [3.63, 3.8) is 0 Å². The summed E-state index contributed by atoms with van der Waals surface area (Å²) in [5.41, 5.74) is 1.91. The van der Waals surface area contributed by atoms with Crippen LogP contribution in [0, 0.1) is 0 Å². The van der Waals surface area contributed by atoms with Crippen molar-refractivity contribution in [3.05, 3.63) is 71.8 Å². The van der Waals surface area contributed by atoms with Crippen LogP contribution in [0.5, 0.6) is 0 Å². The van der Waals surface area contributed by atoms with Crippen LogP contribution in [0.1, 0.15) is 17.4 Å². The summed E-state index contributed by atoms with van der Waals surface area (Å²) >= 11 is 0. The number of aliphatic imine (C=N–C) groups is 1. The van der Waals surface area contributed by atoms with Crippen LogP contribution in [0.3, 0.4) is 0 Å². The third-order valence-electron chi connectivity index (χ3n) is 5.15. The molecule has 0 saturated carbocycles. The first-order valence-corrected chi connectivity index (χ1v) is 9.13. The van der Waals surface area contributed by atoms with E-state index in [-0.39, 0.29) is 24.4 Å². The Hall–Kier alpha value is -2.25. The lowest BCUT2D eigenvalue weighted by molar-refractivity contribution is -0.333. The summed E-state index contributed by atoms with van der Waals surface area (Å²) in [7, 11) is 1.62. The van der Waals surface area contributed by atoms with Crippen molar-refractivity contribution in [2.45, 2.75) is 36.9 Å². The second kappa shape index (κ2) is 7.05. The van der Waals surface area contributed by atoms with E-state index in [4.69, 9.17) is 28.7 Å². The van der Waals surface area contributed by atoms with Gasteiger partial charge in [0.1, 0.15) is 18.2 Å². The van der Waals surface area contributed by atoms with Gasteiger partial charge in [0.25, 0.3) is 0 Å². The standard InChI is InChI=1S/C21H21NO5/c1-23-21-16-18(26-19(22-16)13-8-4-2-5-9-13)17-15(25-21)12-24-20(27-17)14-10-6-3-7-11-14/h2-11,15-18,20-21H,12H2,1H3/t15-,16+,17+,18-,20-,21-/m1/s1. The number of rotatable bonds is 3. The van der Waals surface area contributed by atoms with Crippen molar-refractivity contribution in [1.29, 1.82) is 0 Å². The van der Waals surface area contributed by atoms with Gasteiger partial charge in [-0.3, -0.25) is 0 Å². The van der Waals surface area contributed by atoms with E-state index in [9.17, 15) is 0 Å². The summed E-state index contributed by atoms with van der Waals surface area (Å²) in [6.45, 7) is 0.414. The summed E-state index contributed by atoms with van der Waals surface area (Å²) in [4.78, 5) is 4.74. The van der Waals surface area contributed by atoms with Crippen molar-refractivity contribution >= 4 is 5.90 Å². The zero-order valence-corrected chi connectivity index (χ0v) is 14.9. The smallest absolute Gasteiger partial charge is 0.217 e. The Labute approximate surface area is 157 Å². The van der Waals surface area contributed by atoms with E-state index in [1.54, 1.807) is 7.11 Å². The van der Waals surface area contributed by atoms with Gasteiger partial charge < -0.3 is 23.7 Å². The number of benzene rings is 2. The molecule has 0 amide bonds. The Bertz CT molecular complexity index is 812. The third-order valence-corrected chi connectivity index (χ3v) is 5.15. The van der Waals surface area contributed by atoms with Crippen LogP contribution < -0.4 is 0 Å². The predicted octanol–water partition coefficient (Wildman–Crippen LogP) is 2.69. The SMILES string of the molecule is CO[C@@H]1O[C@@H]2CO[C@@H](c3ccccc3)O[C@@H]2[C@@H]2OC(c3ccccc3)=N[C@H]12. The number of hydrogen-bond donors (Lipinski definition) is 0. The second-order valence-corrected chi connectivity index (χ2v) is 6.83. The first-order chi connectivity index (χ1) is 13.3. The summed E-state index contributed by atoms with van der Waals surface area (Å²) < 4.78 is 30.0. The minimum atomic E-state index is -0.488. The van der Waals surface area contributed by atoms with Crippen LogP contribution in [0.2, 0.25) is 0 Å². The van der Waals surface area contributed by atoms with Gasteiger partial charge in [-0.05, 0) is 12.1 Å². The quantitative estimate of drug-likeness (QED) is 0.835. The van der Waals surface area contributed by atoms with Crippen LogP contribution in [0.25, 0.3) is 0 Å². The lowest BCUT2D eigenvalue weighted by Crippen LogP contribution is -2.60. The first-order valence-electron chi connectivity index (χ1n) is 9.13. The zero-order valence-electron chi connectivity index (χ0n) is 14.9. The lowest BCUT2D eigenvalue weighted by atomic mass is 9.96. The molecule has 0 aromatic heterocycles. The molecule has 6 heteroatoms. The Morgan fingerprint density at radius 2 is 1.67 bits per heavy atom. The van der Waals surface area contributed by atoms with Crippen molar-refractivity contribution in [3.8, 4) is 0 Å². The van der Waals surface area contributed by atoms with Crippen LogP contribution >= 0.6 is 0 Å². The van der Waals surface area contributed by atoms with Gasteiger partial charge in [-0.1, -0.05) is 48.5 Å². The molecule has 6 nitrogen and oxygen atoms in total. The molecule has 5 rings (SSSR count). The van der Waals surface area contributed by atoms with Gasteiger partial charge >= 0.3 is 0 Å². The maximum absolute atomic E-state index is 6.27. The molecule has 0 unspecified atom stereocenters. The summed E-state index contributed by atoms with van der Waals surface area (Å²) in [5, 5.41) is 0. The van der Waals surface area contributed by atoms with E-state index in [0.717, 1.165) is 11.1 Å². The van der Waals surface area contributed by atoms with Crippen molar-refractivity contribution < 1.29 is 23.7 Å². The molecule has 2 aromatic carbocycles. The molecule has 2 saturated heterocycles. The van der Waals surface area contributed by atoms with Crippen LogP contribution in [-0.2, 0) is 23.7 Å². The van der Waals surface area contributed by atoms with Gasteiger partial charge in [0.2, 0.25) is 5.90 Å². The lowest BCUT2D eigenvalue weighted by Gasteiger charge is -2.45. The van der Waals surface area contributed by atoms with Crippen molar-refractivity contribution in [1.82, 2.24) is 0 Å². The summed E-state index contributed by atoms with van der Waals surface area (Å²) in [6.07, 6.45) is -1.76. The molecule has 3 aliphatic heterocycles. The van der Waals surface area contributed by atoms with Crippen LogP contribution in [0.15, 0.2) is 65.7 Å². The highest BCUT2D eigenvalue weighted by Crippen LogP contribution is 2.39. The molecule has 2 aromatic rings. The van der Waals surface area contributed by atoms with E-state index in [0.29, 0.717) is 12.5 Å². The average molecular weight is 367 g/mol. The zero-order chi connectivity index (χ0) is 18.2. The second-order valence-electron chi connectivity index (χ2n) is 6.83. The van der Waals surface area contributed by atoms with Gasteiger partial charge in [-0.25, -0.2) is 4.99 Å². The molecular weight excluding hydrogens is 346 g/mol. The summed E-state index contributed by atoms with van der Waals surface area (Å²) in [5.74, 6) is 0.600. The molecule has 3 heterocycles. The molecule has 0 radical (unpaired) electrons. The fourth-order valence-electron chi connectivity index (χ4n) is 3.82. The fraction of sp³-hybridized carbons (Fsp3) is 0.381. The molecule has 0 N–H and O–H groups in total. The van der Waals surface area contributed by atoms with Gasteiger partial charge in [-0.2, -0.15) is 0 Å². The molecule has 6 atom stereocenters. The van der Waals surface area contributed by atoms with Gasteiger partial charge in [0.15, 0.2) is 18.7 Å². The average Bonchev–Trinajstić information content (AvgIpc) is 3.20. The number of ether oxygens (including phenoxy) is 5. The molecule has 0 spiro atoms. The van der Waals surface area contributed by atoms with Gasteiger partial charge in [0.05, 0.1) is 6.61 Å². The Morgan fingerprint density at radius 3 is 2.41 bits per heavy atom. The van der Waals surface area contributed by atoms with E-state index < -0.39 is 12.6 Å². The minimum absolute atomic E-state index is 0.263. The topological polar surface area (TPSA) is 58.5 Å². The Balaban J connectivity index is 1.41. The van der Waals surface area contributed by atoms with Gasteiger partial charge in [-0.15, -0.1) is 0 Å². The molecule has 140 valence electrons. The van der Waals surface area contributed by atoms with Crippen LogP contribution in [-0.4, -0.2) is 50.3 Å². The molecule has 3 aliphatic rings. The highest BCUT2D eigenvalue weighted by Gasteiger charge is 2.54. The third kappa shape index (κ3) is 3.04. The molecule has 27 heavy (non-hydrogen) atoms. The van der Waals surface area contributed by atoms with E-state index in [1.807, 2.05) is 60.7 Å². The number of hydrogen-bond acceptors (Lipinski definition) is 6. The maximum Gasteiger partial charge on any atom is 0.217 e. The van der Waals surface area contributed by atoms with E-state index in [1.165, 1.54) is 0 Å². The molecular formula is C21H21NO5. The molecule has 0 bridgehead atoms. The number of nitrogens with zero attached hydrogens (tertiary/aromatic N) is 1. The fourth-order valence-corrected chi connectivity index (χ4v) is 3.82. The normalized spacial score (nSPS) is 34.9. The van der Waals surface area contributed by atoms with Gasteiger partial charge in [0, 0.05) is 18.2 Å². The Kier molecular flexibility index (Phi) is 4.41. The maximum atomic E-state index is 6.27. The molecule has 2 fully saturated rings. The van der Waals surface area contributed by atoms with Crippen LogP contribution in [0.4, 0.5) is 0 Å². The summed E-state index contributed by atoms with van der Waals surface area (Å²) in [6, 6.07) is 19.5. The van der Waals surface area contributed by atoms with E-state index in [2.05, 4.69) is 0 Å².